The van der Waals surface area contributed by atoms with Crippen LogP contribution in [0.3, 0.4) is 0 Å². The van der Waals surface area contributed by atoms with Crippen molar-refractivity contribution in [1.29, 1.82) is 0 Å². The second kappa shape index (κ2) is 8.77. The Labute approximate surface area is 199 Å². The number of aromatic nitrogens is 5. The molecule has 0 amide bonds. The van der Waals surface area contributed by atoms with Crippen LogP contribution in [0.4, 0.5) is 10.2 Å². The topological polar surface area (TPSA) is 99.2 Å². The van der Waals surface area contributed by atoms with Gasteiger partial charge in [-0.2, -0.15) is 4.98 Å². The molecule has 9 nitrogen and oxygen atoms in total. The van der Waals surface area contributed by atoms with E-state index in [1.807, 2.05) is 11.8 Å². The zero-order valence-corrected chi connectivity index (χ0v) is 19.6. The third-order valence-electron chi connectivity index (χ3n) is 5.84. The van der Waals surface area contributed by atoms with E-state index in [-0.39, 0.29) is 27.2 Å². The number of anilines is 1. The third-order valence-corrected chi connectivity index (χ3v) is 6.08. The second-order valence-electron chi connectivity index (χ2n) is 8.03. The van der Waals surface area contributed by atoms with Crippen LogP contribution in [0, 0.1) is 19.7 Å². The van der Waals surface area contributed by atoms with Crippen LogP contribution < -0.4 is 10.5 Å². The summed E-state index contributed by atoms with van der Waals surface area (Å²) < 4.78 is 27.5. The van der Waals surface area contributed by atoms with Crippen molar-refractivity contribution in [3.63, 3.8) is 0 Å². The molecule has 176 valence electrons. The number of fused-ring (bicyclic) bond motifs is 1. The molecule has 0 unspecified atom stereocenters. The number of ether oxygens (including phenoxy) is 1. The molecule has 1 aliphatic heterocycles. The molecule has 3 aromatic heterocycles. The fourth-order valence-corrected chi connectivity index (χ4v) is 4.36. The normalized spacial score (nSPS) is 16.4. The van der Waals surface area contributed by atoms with Gasteiger partial charge < -0.3 is 14.2 Å². The fraction of sp³-hybridized carbons (Fsp3) is 0.348. The summed E-state index contributed by atoms with van der Waals surface area (Å²) in [5, 5.41) is 4.49. The van der Waals surface area contributed by atoms with Gasteiger partial charge in [-0.25, -0.2) is 14.4 Å². The van der Waals surface area contributed by atoms with Crippen molar-refractivity contribution in [1.82, 2.24) is 24.7 Å². The number of hydrogen-bond donors (Lipinski definition) is 0. The van der Waals surface area contributed by atoms with Gasteiger partial charge in [-0.15, -0.1) is 0 Å². The van der Waals surface area contributed by atoms with Crippen molar-refractivity contribution in [3.05, 3.63) is 63.0 Å². The zero-order chi connectivity index (χ0) is 24.0. The molecule has 1 saturated heterocycles. The van der Waals surface area contributed by atoms with Gasteiger partial charge in [0.25, 0.3) is 5.56 Å². The largest absolute Gasteiger partial charge is 0.366 e. The lowest BCUT2D eigenvalue weighted by Gasteiger charge is -2.32. The van der Waals surface area contributed by atoms with Crippen molar-refractivity contribution in [3.8, 4) is 11.3 Å². The van der Waals surface area contributed by atoms with E-state index < -0.39 is 11.9 Å². The lowest BCUT2D eigenvalue weighted by Crippen LogP contribution is -2.39. The SMILES string of the molecule is CCn1c(C)nc2cc(N3CCO[C@@H](c4noc(C)n4)C3)nc(-c3ccc(Cl)cc3F)c2c1=O. The first-order valence-corrected chi connectivity index (χ1v) is 11.3. The Balaban J connectivity index is 1.68. The van der Waals surface area contributed by atoms with Crippen LogP contribution in [-0.2, 0) is 11.3 Å². The van der Waals surface area contributed by atoms with E-state index in [1.165, 1.54) is 12.1 Å². The average Bonchev–Trinajstić information content (AvgIpc) is 3.25. The lowest BCUT2D eigenvalue weighted by molar-refractivity contribution is 0.0324. The highest BCUT2D eigenvalue weighted by Gasteiger charge is 2.28. The van der Waals surface area contributed by atoms with Crippen molar-refractivity contribution in [2.24, 2.45) is 0 Å². The quantitative estimate of drug-likeness (QED) is 0.430. The van der Waals surface area contributed by atoms with Crippen molar-refractivity contribution < 1.29 is 13.7 Å². The summed E-state index contributed by atoms with van der Waals surface area (Å²) >= 11 is 5.97. The van der Waals surface area contributed by atoms with Crippen molar-refractivity contribution >= 4 is 28.3 Å². The van der Waals surface area contributed by atoms with Crippen LogP contribution in [0.5, 0.6) is 0 Å². The maximum absolute atomic E-state index is 15.0. The summed E-state index contributed by atoms with van der Waals surface area (Å²) in [7, 11) is 0. The van der Waals surface area contributed by atoms with E-state index >= 15 is 4.39 Å². The number of benzene rings is 1. The first kappa shape index (κ1) is 22.4. The molecule has 0 saturated carbocycles. The van der Waals surface area contributed by atoms with Crippen LogP contribution in [0.1, 0.15) is 30.6 Å². The van der Waals surface area contributed by atoms with Crippen molar-refractivity contribution in [2.45, 2.75) is 33.4 Å². The van der Waals surface area contributed by atoms with Gasteiger partial charge in [0.1, 0.15) is 23.6 Å². The molecule has 1 fully saturated rings. The molecule has 11 heteroatoms. The molecule has 0 spiro atoms. The molecule has 0 aliphatic carbocycles. The molecule has 0 bridgehead atoms. The van der Waals surface area contributed by atoms with E-state index in [9.17, 15) is 4.79 Å². The van der Waals surface area contributed by atoms with E-state index in [0.717, 1.165) is 0 Å². The molecular weight excluding hydrogens is 463 g/mol. The van der Waals surface area contributed by atoms with Gasteiger partial charge in [0.2, 0.25) is 11.7 Å². The van der Waals surface area contributed by atoms with Crippen LogP contribution in [0.2, 0.25) is 5.02 Å². The van der Waals surface area contributed by atoms with Gasteiger partial charge in [0.15, 0.2) is 0 Å². The maximum Gasteiger partial charge on any atom is 0.263 e. The summed E-state index contributed by atoms with van der Waals surface area (Å²) in [6, 6.07) is 6.07. The Kier molecular flexibility index (Phi) is 5.78. The molecule has 34 heavy (non-hydrogen) atoms. The zero-order valence-electron chi connectivity index (χ0n) is 18.9. The van der Waals surface area contributed by atoms with Gasteiger partial charge in [-0.3, -0.25) is 9.36 Å². The highest BCUT2D eigenvalue weighted by molar-refractivity contribution is 6.30. The molecule has 1 aliphatic rings. The number of morpholine rings is 1. The summed E-state index contributed by atoms with van der Waals surface area (Å²) in [5.74, 6) is 1.45. The lowest BCUT2D eigenvalue weighted by atomic mass is 10.1. The molecule has 5 rings (SSSR count). The summed E-state index contributed by atoms with van der Waals surface area (Å²) in [6.07, 6.45) is -0.415. The molecule has 1 aromatic carbocycles. The number of hydrogen-bond acceptors (Lipinski definition) is 8. The second-order valence-corrected chi connectivity index (χ2v) is 8.47. The Morgan fingerprint density at radius 3 is 2.74 bits per heavy atom. The van der Waals surface area contributed by atoms with Gasteiger partial charge >= 0.3 is 0 Å². The van der Waals surface area contributed by atoms with E-state index in [2.05, 4.69) is 15.1 Å². The minimum Gasteiger partial charge on any atom is -0.366 e. The Hall–Kier alpha value is -3.37. The fourth-order valence-electron chi connectivity index (χ4n) is 4.20. The molecule has 4 heterocycles. The molecule has 0 radical (unpaired) electrons. The Bertz CT molecular complexity index is 1450. The molecule has 4 aromatic rings. The monoisotopic (exact) mass is 484 g/mol. The van der Waals surface area contributed by atoms with Gasteiger partial charge in [-0.05, 0) is 32.0 Å². The van der Waals surface area contributed by atoms with Crippen LogP contribution in [0.15, 0.2) is 33.6 Å². The first-order valence-electron chi connectivity index (χ1n) is 10.9. The number of rotatable bonds is 4. The summed E-state index contributed by atoms with van der Waals surface area (Å²) in [4.78, 5) is 29.0. The number of pyridine rings is 1. The Morgan fingerprint density at radius 1 is 1.21 bits per heavy atom. The standard InChI is InChI=1S/C23H22ClFN6O3/c1-4-31-12(2)26-17-10-19(30-7-8-33-18(11-30)22-27-13(3)34-29-22)28-21(20(17)23(31)32)15-6-5-14(24)9-16(15)25/h5-6,9-10,18H,4,7-8,11H2,1-3H3/t18-/m1/s1. The highest BCUT2D eigenvalue weighted by atomic mass is 35.5. The first-order chi connectivity index (χ1) is 16.4. The molecule has 0 N–H and O–H groups in total. The van der Waals surface area contributed by atoms with E-state index in [0.29, 0.717) is 55.1 Å². The number of halogens is 2. The Morgan fingerprint density at radius 2 is 2.03 bits per heavy atom. The highest BCUT2D eigenvalue weighted by Crippen LogP contribution is 2.32. The summed E-state index contributed by atoms with van der Waals surface area (Å²) in [5.41, 5.74) is 0.579. The molecule has 1 atom stereocenters. The predicted octanol–water partition coefficient (Wildman–Crippen LogP) is 3.85. The van der Waals surface area contributed by atoms with Gasteiger partial charge in [-0.1, -0.05) is 16.8 Å². The third kappa shape index (κ3) is 3.92. The predicted molar refractivity (Wildman–Crippen MR) is 125 cm³/mol. The van der Waals surface area contributed by atoms with Gasteiger partial charge in [0, 0.05) is 36.7 Å². The van der Waals surface area contributed by atoms with Crippen LogP contribution in [0.25, 0.3) is 22.2 Å². The average molecular weight is 485 g/mol. The molecular formula is C23H22ClFN6O3. The minimum atomic E-state index is -0.566. The van der Waals surface area contributed by atoms with Crippen LogP contribution in [-0.4, -0.2) is 44.4 Å². The number of nitrogens with zero attached hydrogens (tertiary/aromatic N) is 6. The summed E-state index contributed by atoms with van der Waals surface area (Å²) in [6.45, 7) is 7.15. The van der Waals surface area contributed by atoms with Crippen LogP contribution >= 0.6 is 11.6 Å². The van der Waals surface area contributed by atoms with Crippen molar-refractivity contribution in [2.75, 3.05) is 24.6 Å². The smallest absolute Gasteiger partial charge is 0.263 e. The van der Waals surface area contributed by atoms with E-state index in [1.54, 1.807) is 30.5 Å². The minimum absolute atomic E-state index is 0.181. The number of aryl methyl sites for hydroxylation is 2. The van der Waals surface area contributed by atoms with Gasteiger partial charge in [0.05, 0.1) is 29.7 Å². The van der Waals surface area contributed by atoms with E-state index in [4.69, 9.17) is 25.8 Å². The maximum atomic E-state index is 15.0.